The van der Waals surface area contributed by atoms with Crippen molar-refractivity contribution >= 4 is 12.0 Å². The summed E-state index contributed by atoms with van der Waals surface area (Å²) in [6.45, 7) is 3.24. The summed E-state index contributed by atoms with van der Waals surface area (Å²) in [5.74, 6) is 1.05. The number of carbonyl (C=O) groups excluding carboxylic acids is 1. The van der Waals surface area contributed by atoms with Crippen molar-refractivity contribution in [3.8, 4) is 11.5 Å². The molecular weight excluding hydrogens is 330 g/mol. The smallest absolute Gasteiger partial charge is 0.257 e. The Morgan fingerprint density at radius 3 is 2.77 bits per heavy atom. The Labute approximate surface area is 156 Å². The van der Waals surface area contributed by atoms with Gasteiger partial charge in [0.15, 0.2) is 18.1 Å². The number of methoxy groups -OCH3 is 1. The van der Waals surface area contributed by atoms with E-state index in [1.165, 1.54) is 32.1 Å². The molecule has 0 saturated heterocycles. The van der Waals surface area contributed by atoms with Crippen molar-refractivity contribution < 1.29 is 19.0 Å². The van der Waals surface area contributed by atoms with Crippen molar-refractivity contribution in [3.63, 3.8) is 0 Å². The van der Waals surface area contributed by atoms with E-state index in [2.05, 4.69) is 5.32 Å². The number of carbonyl (C=O) groups is 1. The molecule has 0 spiro atoms. The Hall–Kier alpha value is -2.01. The van der Waals surface area contributed by atoms with Crippen LogP contribution < -0.4 is 14.8 Å². The van der Waals surface area contributed by atoms with Crippen LogP contribution in [0.15, 0.2) is 24.3 Å². The molecule has 0 unspecified atom stereocenters. The topological polar surface area (TPSA) is 56.8 Å². The first-order valence-corrected chi connectivity index (χ1v) is 9.54. The maximum atomic E-state index is 11.9. The van der Waals surface area contributed by atoms with Gasteiger partial charge in [0.2, 0.25) is 0 Å². The van der Waals surface area contributed by atoms with E-state index in [4.69, 9.17) is 14.2 Å². The highest BCUT2D eigenvalue weighted by molar-refractivity contribution is 5.77. The summed E-state index contributed by atoms with van der Waals surface area (Å²) in [5, 5.41) is 2.86. The second kappa shape index (κ2) is 11.6. The lowest BCUT2D eigenvalue weighted by molar-refractivity contribution is -0.123. The van der Waals surface area contributed by atoms with Crippen LogP contribution in [0.1, 0.15) is 51.0 Å². The molecule has 5 heteroatoms. The first-order valence-electron chi connectivity index (χ1n) is 9.54. The molecule has 1 fully saturated rings. The maximum Gasteiger partial charge on any atom is 0.257 e. The molecule has 1 aliphatic carbocycles. The maximum absolute atomic E-state index is 11.9. The van der Waals surface area contributed by atoms with Gasteiger partial charge >= 0.3 is 0 Å². The monoisotopic (exact) mass is 361 g/mol. The van der Waals surface area contributed by atoms with Gasteiger partial charge in [-0.15, -0.1) is 0 Å². The lowest BCUT2D eigenvalue weighted by Gasteiger charge is -2.21. The quantitative estimate of drug-likeness (QED) is 0.641. The molecule has 1 aromatic rings. The average Bonchev–Trinajstić information content (AvgIpc) is 2.67. The highest BCUT2D eigenvalue weighted by atomic mass is 16.5. The van der Waals surface area contributed by atoms with Gasteiger partial charge in [0.1, 0.15) is 0 Å². The Morgan fingerprint density at radius 2 is 2.04 bits per heavy atom. The van der Waals surface area contributed by atoms with Gasteiger partial charge < -0.3 is 19.5 Å². The van der Waals surface area contributed by atoms with Crippen LogP contribution in [0.4, 0.5) is 0 Å². The van der Waals surface area contributed by atoms with E-state index < -0.39 is 0 Å². The number of rotatable bonds is 10. The van der Waals surface area contributed by atoms with Crippen LogP contribution in [0.3, 0.4) is 0 Å². The lowest BCUT2D eigenvalue weighted by Crippen LogP contribution is -2.30. The van der Waals surface area contributed by atoms with Gasteiger partial charge in [-0.2, -0.15) is 0 Å². The van der Waals surface area contributed by atoms with E-state index in [0.29, 0.717) is 30.8 Å². The molecule has 1 aromatic carbocycles. The zero-order valence-electron chi connectivity index (χ0n) is 16.0. The van der Waals surface area contributed by atoms with Crippen LogP contribution in [0.25, 0.3) is 6.08 Å². The third kappa shape index (κ3) is 7.08. The SMILES string of the molecule is C/C=C/c1ccc(OCC(=O)NCCCOC2CCCCC2)c(OC)c1. The van der Waals surface area contributed by atoms with Gasteiger partial charge in [-0.3, -0.25) is 4.79 Å². The molecule has 0 heterocycles. The van der Waals surface area contributed by atoms with Crippen LogP contribution in [0.5, 0.6) is 11.5 Å². The largest absolute Gasteiger partial charge is 0.493 e. The van der Waals surface area contributed by atoms with Crippen LogP contribution in [-0.2, 0) is 9.53 Å². The number of hydrogen-bond donors (Lipinski definition) is 1. The summed E-state index contributed by atoms with van der Waals surface area (Å²) in [4.78, 5) is 11.9. The van der Waals surface area contributed by atoms with E-state index in [1.807, 2.05) is 37.3 Å². The number of allylic oxidation sites excluding steroid dienone is 1. The molecule has 1 aliphatic rings. The third-order valence-corrected chi connectivity index (χ3v) is 4.45. The summed E-state index contributed by atoms with van der Waals surface area (Å²) in [6.07, 6.45) is 11.4. The first-order chi connectivity index (χ1) is 12.7. The number of amides is 1. The van der Waals surface area contributed by atoms with Gasteiger partial charge in [-0.25, -0.2) is 0 Å². The predicted molar refractivity (Wildman–Crippen MR) is 104 cm³/mol. The second-order valence-corrected chi connectivity index (χ2v) is 6.53. The van der Waals surface area contributed by atoms with Gasteiger partial charge in [-0.1, -0.05) is 37.5 Å². The highest BCUT2D eigenvalue weighted by Crippen LogP contribution is 2.28. The molecule has 0 radical (unpaired) electrons. The normalized spacial score (nSPS) is 15.2. The zero-order chi connectivity index (χ0) is 18.6. The lowest BCUT2D eigenvalue weighted by atomic mass is 9.98. The highest BCUT2D eigenvalue weighted by Gasteiger charge is 2.13. The molecule has 2 rings (SSSR count). The molecule has 5 nitrogen and oxygen atoms in total. The fourth-order valence-corrected chi connectivity index (χ4v) is 3.08. The average molecular weight is 361 g/mol. The molecular formula is C21H31NO4. The molecule has 0 atom stereocenters. The van der Waals surface area contributed by atoms with Gasteiger partial charge in [0.25, 0.3) is 5.91 Å². The van der Waals surface area contributed by atoms with E-state index in [1.54, 1.807) is 7.11 Å². The molecule has 1 amide bonds. The van der Waals surface area contributed by atoms with Crippen LogP contribution in [0, 0.1) is 0 Å². The zero-order valence-corrected chi connectivity index (χ0v) is 16.0. The number of benzene rings is 1. The van der Waals surface area contributed by atoms with Gasteiger partial charge in [-0.05, 0) is 43.9 Å². The Balaban J connectivity index is 1.63. The van der Waals surface area contributed by atoms with E-state index in [0.717, 1.165) is 12.0 Å². The van der Waals surface area contributed by atoms with Crippen molar-refractivity contribution in [2.45, 2.75) is 51.6 Å². The minimum Gasteiger partial charge on any atom is -0.493 e. The molecule has 144 valence electrons. The Morgan fingerprint density at radius 1 is 1.23 bits per heavy atom. The number of ether oxygens (including phenoxy) is 3. The van der Waals surface area contributed by atoms with E-state index in [-0.39, 0.29) is 12.5 Å². The summed E-state index contributed by atoms with van der Waals surface area (Å²) in [6, 6.07) is 5.63. The Bertz CT molecular complexity index is 579. The van der Waals surface area contributed by atoms with Crippen LogP contribution in [0.2, 0.25) is 0 Å². The van der Waals surface area contributed by atoms with E-state index >= 15 is 0 Å². The standard InChI is InChI=1S/C21H31NO4/c1-3-8-17-11-12-19(20(15-17)24-2)26-16-21(23)22-13-7-14-25-18-9-5-4-6-10-18/h3,8,11-12,15,18H,4-7,9-10,13-14,16H2,1-2H3,(H,22,23)/b8-3+. The van der Waals surface area contributed by atoms with Gasteiger partial charge in [0.05, 0.1) is 13.2 Å². The minimum atomic E-state index is -0.137. The molecule has 0 aromatic heterocycles. The summed E-state index contributed by atoms with van der Waals surface area (Å²) >= 11 is 0. The third-order valence-electron chi connectivity index (χ3n) is 4.45. The predicted octanol–water partition coefficient (Wildman–Crippen LogP) is 3.96. The fourth-order valence-electron chi connectivity index (χ4n) is 3.08. The van der Waals surface area contributed by atoms with Crippen molar-refractivity contribution in [1.29, 1.82) is 0 Å². The van der Waals surface area contributed by atoms with Crippen molar-refractivity contribution in [2.24, 2.45) is 0 Å². The fraction of sp³-hybridized carbons (Fsp3) is 0.571. The molecule has 0 bridgehead atoms. The molecule has 26 heavy (non-hydrogen) atoms. The summed E-state index contributed by atoms with van der Waals surface area (Å²) < 4.78 is 16.8. The van der Waals surface area contributed by atoms with E-state index in [9.17, 15) is 4.79 Å². The van der Waals surface area contributed by atoms with Gasteiger partial charge in [0, 0.05) is 13.2 Å². The first kappa shape index (κ1) is 20.3. The van der Waals surface area contributed by atoms with Crippen LogP contribution >= 0.6 is 0 Å². The summed E-state index contributed by atoms with van der Waals surface area (Å²) in [5.41, 5.74) is 1.03. The molecule has 1 N–H and O–H groups in total. The Kier molecular flexibility index (Phi) is 9.04. The van der Waals surface area contributed by atoms with Crippen molar-refractivity contribution in [1.82, 2.24) is 5.32 Å². The minimum absolute atomic E-state index is 0.0250. The number of nitrogens with one attached hydrogen (secondary N) is 1. The van der Waals surface area contributed by atoms with Crippen molar-refractivity contribution in [3.05, 3.63) is 29.8 Å². The van der Waals surface area contributed by atoms with Crippen molar-refractivity contribution in [2.75, 3.05) is 26.9 Å². The number of hydrogen-bond acceptors (Lipinski definition) is 4. The molecule has 0 aliphatic heterocycles. The second-order valence-electron chi connectivity index (χ2n) is 6.53. The molecule has 1 saturated carbocycles. The van der Waals surface area contributed by atoms with Crippen LogP contribution in [-0.4, -0.2) is 38.9 Å². The summed E-state index contributed by atoms with van der Waals surface area (Å²) in [7, 11) is 1.59.